The summed E-state index contributed by atoms with van der Waals surface area (Å²) < 4.78 is 12.7. The summed E-state index contributed by atoms with van der Waals surface area (Å²) in [5.41, 5.74) is 0.976. The van der Waals surface area contributed by atoms with Gasteiger partial charge in [-0.3, -0.25) is 9.59 Å². The summed E-state index contributed by atoms with van der Waals surface area (Å²) >= 11 is 0. The quantitative estimate of drug-likeness (QED) is 0.884. The van der Waals surface area contributed by atoms with Crippen molar-refractivity contribution in [2.24, 2.45) is 5.92 Å². The molecule has 0 saturated carbocycles. The van der Waals surface area contributed by atoms with Crippen molar-refractivity contribution in [2.75, 3.05) is 19.6 Å². The van der Waals surface area contributed by atoms with Crippen LogP contribution in [0.4, 0.5) is 4.39 Å². The largest absolute Gasteiger partial charge is 0.355 e. The van der Waals surface area contributed by atoms with Gasteiger partial charge in [0, 0.05) is 26.1 Å². The molecule has 0 unspecified atom stereocenters. The standard InChI is InChI=1S/C15H19FN2O2/c1-2-18-10-12(9-14(18)19)15(20)17-8-7-11-3-5-13(16)6-4-11/h3-6,12H,2,7-10H2,1H3,(H,17,20)/t12-/m1/s1. The average molecular weight is 278 g/mol. The van der Waals surface area contributed by atoms with Gasteiger partial charge in [-0.1, -0.05) is 12.1 Å². The molecule has 1 fully saturated rings. The van der Waals surface area contributed by atoms with Gasteiger partial charge >= 0.3 is 0 Å². The average Bonchev–Trinajstić information content (AvgIpc) is 2.82. The van der Waals surface area contributed by atoms with E-state index in [-0.39, 0.29) is 23.5 Å². The summed E-state index contributed by atoms with van der Waals surface area (Å²) in [5, 5.41) is 2.84. The van der Waals surface area contributed by atoms with Gasteiger partial charge in [0.25, 0.3) is 0 Å². The van der Waals surface area contributed by atoms with Crippen molar-refractivity contribution in [1.82, 2.24) is 10.2 Å². The molecule has 4 nitrogen and oxygen atoms in total. The topological polar surface area (TPSA) is 49.4 Å². The molecule has 1 N–H and O–H groups in total. The number of amides is 2. The highest BCUT2D eigenvalue weighted by molar-refractivity contribution is 5.89. The highest BCUT2D eigenvalue weighted by atomic mass is 19.1. The lowest BCUT2D eigenvalue weighted by atomic mass is 10.1. The molecule has 1 aliphatic heterocycles. The Hall–Kier alpha value is -1.91. The minimum Gasteiger partial charge on any atom is -0.355 e. The van der Waals surface area contributed by atoms with Crippen LogP contribution < -0.4 is 5.32 Å². The molecule has 0 aromatic heterocycles. The van der Waals surface area contributed by atoms with Gasteiger partial charge in [0.05, 0.1) is 5.92 Å². The Morgan fingerprint density at radius 1 is 1.40 bits per heavy atom. The SMILES string of the molecule is CCN1C[C@H](C(=O)NCCc2ccc(F)cc2)CC1=O. The van der Waals surface area contributed by atoms with Crippen LogP contribution in [0, 0.1) is 11.7 Å². The van der Waals surface area contributed by atoms with E-state index in [9.17, 15) is 14.0 Å². The van der Waals surface area contributed by atoms with Gasteiger partial charge in [-0.25, -0.2) is 4.39 Å². The Kier molecular flexibility index (Phi) is 4.71. The minimum absolute atomic E-state index is 0.0474. The molecule has 0 spiro atoms. The van der Waals surface area contributed by atoms with E-state index in [1.54, 1.807) is 17.0 Å². The maximum Gasteiger partial charge on any atom is 0.225 e. The Balaban J connectivity index is 1.76. The number of halogens is 1. The van der Waals surface area contributed by atoms with E-state index in [0.717, 1.165) is 5.56 Å². The van der Waals surface area contributed by atoms with Crippen LogP contribution in [-0.2, 0) is 16.0 Å². The van der Waals surface area contributed by atoms with Crippen LogP contribution in [-0.4, -0.2) is 36.3 Å². The zero-order valence-corrected chi connectivity index (χ0v) is 11.6. The lowest BCUT2D eigenvalue weighted by Gasteiger charge is -2.13. The molecular weight excluding hydrogens is 259 g/mol. The highest BCUT2D eigenvalue weighted by Crippen LogP contribution is 2.17. The van der Waals surface area contributed by atoms with Gasteiger partial charge < -0.3 is 10.2 Å². The van der Waals surface area contributed by atoms with E-state index in [2.05, 4.69) is 5.32 Å². The molecular formula is C15H19FN2O2. The van der Waals surface area contributed by atoms with E-state index in [0.29, 0.717) is 32.5 Å². The van der Waals surface area contributed by atoms with Gasteiger partial charge in [-0.15, -0.1) is 0 Å². The lowest BCUT2D eigenvalue weighted by Crippen LogP contribution is -2.34. The van der Waals surface area contributed by atoms with Crippen molar-refractivity contribution in [3.8, 4) is 0 Å². The van der Waals surface area contributed by atoms with Gasteiger partial charge in [0.1, 0.15) is 5.82 Å². The molecule has 1 aliphatic rings. The third kappa shape index (κ3) is 3.56. The minimum atomic E-state index is -0.262. The molecule has 0 radical (unpaired) electrons. The maximum atomic E-state index is 12.7. The number of nitrogens with one attached hydrogen (secondary N) is 1. The molecule has 5 heteroatoms. The summed E-state index contributed by atoms with van der Waals surface area (Å²) in [7, 11) is 0. The van der Waals surface area contributed by atoms with Gasteiger partial charge in [-0.2, -0.15) is 0 Å². The van der Waals surface area contributed by atoms with E-state index >= 15 is 0 Å². The number of nitrogens with zero attached hydrogens (tertiary/aromatic N) is 1. The van der Waals surface area contributed by atoms with Crippen LogP contribution in [0.3, 0.4) is 0 Å². The Morgan fingerprint density at radius 3 is 2.70 bits per heavy atom. The van der Waals surface area contributed by atoms with Crippen LogP contribution in [0.2, 0.25) is 0 Å². The second-order valence-electron chi connectivity index (χ2n) is 5.00. The summed E-state index contributed by atoms with van der Waals surface area (Å²) in [4.78, 5) is 25.2. The molecule has 1 aromatic carbocycles. The van der Waals surface area contributed by atoms with Crippen LogP contribution in [0.5, 0.6) is 0 Å². The second kappa shape index (κ2) is 6.50. The fourth-order valence-electron chi connectivity index (χ4n) is 2.38. The van der Waals surface area contributed by atoms with Crippen molar-refractivity contribution in [3.05, 3.63) is 35.6 Å². The molecule has 0 bridgehead atoms. The summed E-state index contributed by atoms with van der Waals surface area (Å²) in [6.07, 6.45) is 0.959. The predicted molar refractivity (Wildman–Crippen MR) is 73.5 cm³/mol. The van der Waals surface area contributed by atoms with Gasteiger partial charge in [-0.05, 0) is 31.0 Å². The monoisotopic (exact) mass is 278 g/mol. The van der Waals surface area contributed by atoms with Crippen LogP contribution in [0.25, 0.3) is 0 Å². The Morgan fingerprint density at radius 2 is 2.10 bits per heavy atom. The van der Waals surface area contributed by atoms with Crippen LogP contribution in [0.15, 0.2) is 24.3 Å². The number of carbonyl (C=O) groups is 2. The molecule has 1 atom stereocenters. The molecule has 1 saturated heterocycles. The molecule has 1 heterocycles. The smallest absolute Gasteiger partial charge is 0.225 e. The van der Waals surface area contributed by atoms with Crippen molar-refractivity contribution in [1.29, 1.82) is 0 Å². The zero-order chi connectivity index (χ0) is 14.5. The van der Waals surface area contributed by atoms with Gasteiger partial charge in [0.2, 0.25) is 11.8 Å². The van der Waals surface area contributed by atoms with Crippen molar-refractivity contribution >= 4 is 11.8 Å². The van der Waals surface area contributed by atoms with Crippen molar-refractivity contribution in [2.45, 2.75) is 19.8 Å². The zero-order valence-electron chi connectivity index (χ0n) is 11.6. The number of hydrogen-bond donors (Lipinski definition) is 1. The predicted octanol–water partition coefficient (Wildman–Crippen LogP) is 1.35. The number of rotatable bonds is 5. The number of likely N-dealkylation sites (tertiary alicyclic amines) is 1. The van der Waals surface area contributed by atoms with Crippen molar-refractivity contribution in [3.63, 3.8) is 0 Å². The lowest BCUT2D eigenvalue weighted by molar-refractivity contribution is -0.128. The molecule has 20 heavy (non-hydrogen) atoms. The fourth-order valence-corrected chi connectivity index (χ4v) is 2.38. The fraction of sp³-hybridized carbons (Fsp3) is 0.467. The van der Waals surface area contributed by atoms with Crippen LogP contribution >= 0.6 is 0 Å². The first-order valence-electron chi connectivity index (χ1n) is 6.90. The number of hydrogen-bond acceptors (Lipinski definition) is 2. The Labute approximate surface area is 118 Å². The summed E-state index contributed by atoms with van der Waals surface area (Å²) in [5.74, 6) is -0.528. The van der Waals surface area contributed by atoms with Gasteiger partial charge in [0.15, 0.2) is 0 Å². The van der Waals surface area contributed by atoms with E-state index in [1.807, 2.05) is 6.92 Å². The number of carbonyl (C=O) groups excluding carboxylic acids is 2. The number of benzene rings is 1. The first-order valence-corrected chi connectivity index (χ1v) is 6.90. The first-order chi connectivity index (χ1) is 9.60. The Bertz CT molecular complexity index is 487. The van der Waals surface area contributed by atoms with E-state index < -0.39 is 0 Å². The molecule has 0 aliphatic carbocycles. The molecule has 2 amide bonds. The highest BCUT2D eigenvalue weighted by Gasteiger charge is 2.32. The molecule has 1 aromatic rings. The van der Waals surface area contributed by atoms with E-state index in [1.165, 1.54) is 12.1 Å². The summed E-state index contributed by atoms with van der Waals surface area (Å²) in [6.45, 7) is 3.57. The van der Waals surface area contributed by atoms with Crippen LogP contribution in [0.1, 0.15) is 18.9 Å². The van der Waals surface area contributed by atoms with E-state index in [4.69, 9.17) is 0 Å². The molecule has 108 valence electrons. The molecule has 2 rings (SSSR count). The third-order valence-electron chi connectivity index (χ3n) is 3.59. The normalized spacial score (nSPS) is 18.4. The maximum absolute atomic E-state index is 12.7. The van der Waals surface area contributed by atoms with Crippen molar-refractivity contribution < 1.29 is 14.0 Å². The summed E-state index contributed by atoms with van der Waals surface area (Å²) in [6, 6.07) is 6.23. The first kappa shape index (κ1) is 14.5. The third-order valence-corrected chi connectivity index (χ3v) is 3.59. The second-order valence-corrected chi connectivity index (χ2v) is 5.00.